The highest BCUT2D eigenvalue weighted by molar-refractivity contribution is 9.10. The number of anilines is 1. The minimum Gasteiger partial charge on any atom is -0.322 e. The molecule has 0 spiro atoms. The molecule has 0 aromatic heterocycles. The van der Waals surface area contributed by atoms with Crippen LogP contribution in [0.1, 0.15) is 54.9 Å². The van der Waals surface area contributed by atoms with Gasteiger partial charge in [0.2, 0.25) is 10.0 Å². The highest BCUT2D eigenvalue weighted by atomic mass is 79.9. The summed E-state index contributed by atoms with van der Waals surface area (Å²) in [6.45, 7) is 4.29. The molecular formula is C20H23BrN2O3S. The van der Waals surface area contributed by atoms with Crippen LogP contribution in [0.5, 0.6) is 0 Å². The highest BCUT2D eigenvalue weighted by Crippen LogP contribution is 2.26. The molecule has 1 unspecified atom stereocenters. The zero-order valence-electron chi connectivity index (χ0n) is 15.3. The van der Waals surface area contributed by atoms with Crippen molar-refractivity contribution in [2.45, 2.75) is 50.0 Å². The smallest absolute Gasteiger partial charge is 0.256 e. The second-order valence-electron chi connectivity index (χ2n) is 6.92. The number of benzene rings is 2. The summed E-state index contributed by atoms with van der Waals surface area (Å²) in [6.07, 6.45) is 2.76. The van der Waals surface area contributed by atoms with Crippen molar-refractivity contribution in [3.8, 4) is 0 Å². The van der Waals surface area contributed by atoms with Crippen molar-refractivity contribution in [1.29, 1.82) is 0 Å². The molecule has 0 bridgehead atoms. The fourth-order valence-electron chi connectivity index (χ4n) is 2.66. The summed E-state index contributed by atoms with van der Waals surface area (Å²) in [5.74, 6) is 0.103. The van der Waals surface area contributed by atoms with Gasteiger partial charge in [-0.1, -0.05) is 26.0 Å². The lowest BCUT2D eigenvalue weighted by Gasteiger charge is -2.12. The molecule has 144 valence electrons. The Morgan fingerprint density at radius 2 is 1.85 bits per heavy atom. The van der Waals surface area contributed by atoms with Crippen LogP contribution in [0.15, 0.2) is 51.8 Å². The second-order valence-corrected chi connectivity index (χ2v) is 9.49. The maximum atomic E-state index is 12.7. The summed E-state index contributed by atoms with van der Waals surface area (Å²) in [7, 11) is -3.61. The van der Waals surface area contributed by atoms with Crippen LogP contribution in [0.3, 0.4) is 0 Å². The number of hydrogen-bond donors (Lipinski definition) is 2. The predicted octanol–water partition coefficient (Wildman–Crippen LogP) is 4.66. The van der Waals surface area contributed by atoms with E-state index in [-0.39, 0.29) is 22.4 Å². The van der Waals surface area contributed by atoms with Crippen LogP contribution >= 0.6 is 15.9 Å². The molecule has 1 atom stereocenters. The number of nitrogens with one attached hydrogen (secondary N) is 2. The molecule has 1 aliphatic carbocycles. The Balaban J connectivity index is 1.78. The van der Waals surface area contributed by atoms with E-state index in [1.807, 2.05) is 24.3 Å². The number of halogens is 1. The maximum Gasteiger partial charge on any atom is 0.256 e. The monoisotopic (exact) mass is 450 g/mol. The van der Waals surface area contributed by atoms with Gasteiger partial charge in [-0.05, 0) is 77.0 Å². The third-order valence-electron chi connectivity index (χ3n) is 4.74. The second kappa shape index (κ2) is 8.12. The van der Waals surface area contributed by atoms with Crippen LogP contribution in [-0.4, -0.2) is 20.4 Å². The molecule has 5 nitrogen and oxygen atoms in total. The van der Waals surface area contributed by atoms with Crippen LogP contribution in [0.25, 0.3) is 0 Å². The fourth-order valence-corrected chi connectivity index (χ4v) is 4.42. The molecule has 0 aliphatic heterocycles. The molecule has 0 saturated heterocycles. The summed E-state index contributed by atoms with van der Waals surface area (Å²) in [5, 5.41) is 2.83. The first-order valence-corrected chi connectivity index (χ1v) is 11.3. The van der Waals surface area contributed by atoms with E-state index in [4.69, 9.17) is 0 Å². The number of sulfonamides is 1. The Morgan fingerprint density at radius 1 is 1.19 bits per heavy atom. The van der Waals surface area contributed by atoms with Crippen LogP contribution in [0, 0.1) is 0 Å². The van der Waals surface area contributed by atoms with Gasteiger partial charge in [0.05, 0.1) is 10.5 Å². The molecule has 1 fully saturated rings. The predicted molar refractivity (Wildman–Crippen MR) is 111 cm³/mol. The Hall–Kier alpha value is -1.70. The Kier molecular flexibility index (Phi) is 6.03. The van der Waals surface area contributed by atoms with E-state index in [2.05, 4.69) is 39.8 Å². The largest absolute Gasteiger partial charge is 0.322 e. The van der Waals surface area contributed by atoms with E-state index < -0.39 is 10.0 Å². The van der Waals surface area contributed by atoms with E-state index in [1.54, 1.807) is 6.07 Å². The lowest BCUT2D eigenvalue weighted by molar-refractivity contribution is 0.102. The zero-order valence-corrected chi connectivity index (χ0v) is 17.7. The molecule has 27 heavy (non-hydrogen) atoms. The van der Waals surface area contributed by atoms with Gasteiger partial charge in [-0.25, -0.2) is 13.1 Å². The molecule has 7 heteroatoms. The fraction of sp³-hybridized carbons (Fsp3) is 0.350. The summed E-state index contributed by atoms with van der Waals surface area (Å²) >= 11 is 3.34. The highest BCUT2D eigenvalue weighted by Gasteiger charge is 2.28. The van der Waals surface area contributed by atoms with Crippen LogP contribution in [0.2, 0.25) is 0 Å². The number of amides is 1. The maximum absolute atomic E-state index is 12.7. The van der Waals surface area contributed by atoms with Crippen molar-refractivity contribution < 1.29 is 13.2 Å². The average Bonchev–Trinajstić information content (AvgIpc) is 3.45. The van der Waals surface area contributed by atoms with Crippen molar-refractivity contribution in [2.75, 3.05) is 5.32 Å². The molecule has 1 aliphatic rings. The van der Waals surface area contributed by atoms with Crippen LogP contribution in [0.4, 0.5) is 5.69 Å². The van der Waals surface area contributed by atoms with Gasteiger partial charge in [-0.2, -0.15) is 0 Å². The summed E-state index contributed by atoms with van der Waals surface area (Å²) in [6, 6.07) is 12.2. The van der Waals surface area contributed by atoms with Crippen molar-refractivity contribution >= 4 is 37.5 Å². The Bertz CT molecular complexity index is 938. The lowest BCUT2D eigenvalue weighted by atomic mass is 9.98. The molecule has 2 aromatic rings. The zero-order chi connectivity index (χ0) is 19.6. The van der Waals surface area contributed by atoms with Gasteiger partial charge in [0, 0.05) is 16.2 Å². The van der Waals surface area contributed by atoms with Crippen LogP contribution < -0.4 is 10.0 Å². The lowest BCUT2D eigenvalue weighted by Crippen LogP contribution is -2.26. The van der Waals surface area contributed by atoms with Crippen molar-refractivity contribution in [2.24, 2.45) is 0 Å². The first-order valence-electron chi connectivity index (χ1n) is 9.03. The van der Waals surface area contributed by atoms with Gasteiger partial charge in [0.25, 0.3) is 5.91 Å². The standard InChI is InChI=1S/C20H23BrN2O3S/c1-3-13(2)14-4-6-15(7-5-14)22-20(24)18-12-17(10-11-19(18)21)27(25,26)23-16-8-9-16/h4-7,10-13,16,23H,3,8-9H2,1-2H3,(H,22,24). The summed E-state index contributed by atoms with van der Waals surface area (Å²) in [4.78, 5) is 12.8. The third-order valence-corrected chi connectivity index (χ3v) is 6.95. The van der Waals surface area contributed by atoms with E-state index in [1.165, 1.54) is 17.7 Å². The van der Waals surface area contributed by atoms with E-state index in [0.29, 0.717) is 16.1 Å². The number of carbonyl (C=O) groups excluding carboxylic acids is 1. The Morgan fingerprint density at radius 3 is 2.44 bits per heavy atom. The third kappa shape index (κ3) is 4.97. The van der Waals surface area contributed by atoms with Crippen LogP contribution in [-0.2, 0) is 10.0 Å². The van der Waals surface area contributed by atoms with Crippen molar-refractivity contribution in [3.63, 3.8) is 0 Å². The number of hydrogen-bond acceptors (Lipinski definition) is 3. The number of carbonyl (C=O) groups is 1. The molecule has 1 saturated carbocycles. The number of rotatable bonds is 7. The van der Waals surface area contributed by atoms with Gasteiger partial charge in [0.15, 0.2) is 0 Å². The van der Waals surface area contributed by atoms with Gasteiger partial charge in [0.1, 0.15) is 0 Å². The van der Waals surface area contributed by atoms with E-state index in [9.17, 15) is 13.2 Å². The normalized spacial score (nSPS) is 15.4. The summed E-state index contributed by atoms with van der Waals surface area (Å²) in [5.41, 5.74) is 2.17. The van der Waals surface area contributed by atoms with Gasteiger partial charge in [-0.3, -0.25) is 4.79 Å². The SMILES string of the molecule is CCC(C)c1ccc(NC(=O)c2cc(S(=O)(=O)NC3CC3)ccc2Br)cc1. The van der Waals surface area contributed by atoms with Gasteiger partial charge < -0.3 is 5.32 Å². The minimum atomic E-state index is -3.61. The average molecular weight is 451 g/mol. The van der Waals surface area contributed by atoms with Gasteiger partial charge in [-0.15, -0.1) is 0 Å². The first-order chi connectivity index (χ1) is 12.8. The van der Waals surface area contributed by atoms with Crippen molar-refractivity contribution in [3.05, 3.63) is 58.1 Å². The molecule has 3 rings (SSSR count). The molecule has 2 aromatic carbocycles. The van der Waals surface area contributed by atoms with E-state index in [0.717, 1.165) is 19.3 Å². The first kappa shape index (κ1) is 20.0. The quantitative estimate of drug-likeness (QED) is 0.643. The molecular weight excluding hydrogens is 428 g/mol. The molecule has 0 radical (unpaired) electrons. The molecule has 0 heterocycles. The molecule has 2 N–H and O–H groups in total. The Labute approximate surface area is 168 Å². The molecule has 1 amide bonds. The van der Waals surface area contributed by atoms with Crippen molar-refractivity contribution in [1.82, 2.24) is 4.72 Å². The summed E-state index contributed by atoms with van der Waals surface area (Å²) < 4.78 is 28.0. The van der Waals surface area contributed by atoms with E-state index >= 15 is 0 Å². The topological polar surface area (TPSA) is 75.3 Å². The van der Waals surface area contributed by atoms with Gasteiger partial charge >= 0.3 is 0 Å². The minimum absolute atomic E-state index is 0.0138.